The van der Waals surface area contributed by atoms with E-state index in [-0.39, 0.29) is 27.8 Å². The van der Waals surface area contributed by atoms with Gasteiger partial charge < -0.3 is 11.1 Å². The monoisotopic (exact) mass is 329 g/mol. The molecule has 3 N–H and O–H groups in total. The lowest BCUT2D eigenvalue weighted by molar-refractivity contribution is -0.123. The lowest BCUT2D eigenvalue weighted by Crippen LogP contribution is -2.48. The zero-order chi connectivity index (χ0) is 15.2. The average Bonchev–Trinajstić information content (AvgIpc) is 2.80. The Kier molecular flexibility index (Phi) is 3.59. The van der Waals surface area contributed by atoms with Crippen molar-refractivity contribution in [2.24, 2.45) is 5.92 Å². The fourth-order valence-electron chi connectivity index (χ4n) is 3.06. The summed E-state index contributed by atoms with van der Waals surface area (Å²) in [6, 6.07) is 4.03. The summed E-state index contributed by atoms with van der Waals surface area (Å²) in [5.74, 6) is -0.329. The first kappa shape index (κ1) is 14.6. The van der Waals surface area contributed by atoms with Crippen LogP contribution in [0.4, 0.5) is 5.69 Å². The maximum Gasteiger partial charge on any atom is 0.244 e. The van der Waals surface area contributed by atoms with E-state index in [0.29, 0.717) is 25.2 Å². The molecule has 0 radical (unpaired) electrons. The number of carbonyl (C=O) groups is 1. The van der Waals surface area contributed by atoms with Crippen LogP contribution in [0.25, 0.3) is 0 Å². The van der Waals surface area contributed by atoms with E-state index in [2.05, 4.69) is 5.32 Å². The third-order valence-corrected chi connectivity index (χ3v) is 6.50. The first-order valence-electron chi connectivity index (χ1n) is 6.76. The van der Waals surface area contributed by atoms with Gasteiger partial charge in [0.05, 0.1) is 17.0 Å². The lowest BCUT2D eigenvalue weighted by Gasteiger charge is -2.34. The molecule has 2 fully saturated rings. The van der Waals surface area contributed by atoms with Gasteiger partial charge in [-0.1, -0.05) is 11.6 Å². The summed E-state index contributed by atoms with van der Waals surface area (Å²) >= 11 is 6.04. The van der Waals surface area contributed by atoms with Crippen LogP contribution >= 0.6 is 11.6 Å². The first-order chi connectivity index (χ1) is 9.91. The molecule has 6 nitrogen and oxygen atoms in total. The van der Waals surface area contributed by atoms with Crippen LogP contribution in [0.5, 0.6) is 0 Å². The van der Waals surface area contributed by atoms with Crippen molar-refractivity contribution in [1.82, 2.24) is 9.62 Å². The normalized spacial score (nSPS) is 26.4. The number of carbonyl (C=O) groups excluding carboxylic acids is 1. The van der Waals surface area contributed by atoms with Gasteiger partial charge in [0.2, 0.25) is 15.9 Å². The van der Waals surface area contributed by atoms with Crippen molar-refractivity contribution in [3.63, 3.8) is 0 Å². The SMILES string of the molecule is Nc1ccc(S(=O)(=O)N2CCCC3C(=O)NCC32)c(Cl)c1. The van der Waals surface area contributed by atoms with E-state index in [1.165, 1.54) is 22.5 Å². The molecule has 0 aromatic heterocycles. The number of fused-ring (bicyclic) bond motifs is 1. The predicted octanol–water partition coefficient (Wildman–Crippen LogP) is 0.821. The number of benzene rings is 1. The van der Waals surface area contributed by atoms with E-state index in [1.807, 2.05) is 0 Å². The maximum atomic E-state index is 12.8. The van der Waals surface area contributed by atoms with Crippen LogP contribution in [-0.4, -0.2) is 37.8 Å². The molecule has 2 atom stereocenters. The maximum absolute atomic E-state index is 12.8. The molecule has 21 heavy (non-hydrogen) atoms. The molecule has 0 bridgehead atoms. The number of rotatable bonds is 2. The third kappa shape index (κ3) is 2.39. The van der Waals surface area contributed by atoms with Crippen molar-refractivity contribution in [3.05, 3.63) is 23.2 Å². The number of anilines is 1. The fraction of sp³-hybridized carbons (Fsp3) is 0.462. The molecule has 114 valence electrons. The van der Waals surface area contributed by atoms with Gasteiger partial charge in [0, 0.05) is 18.8 Å². The van der Waals surface area contributed by atoms with E-state index in [4.69, 9.17) is 17.3 Å². The van der Waals surface area contributed by atoms with Crippen molar-refractivity contribution < 1.29 is 13.2 Å². The highest BCUT2D eigenvalue weighted by atomic mass is 35.5. The molecular formula is C13H16ClN3O3S. The molecule has 2 aliphatic rings. The summed E-state index contributed by atoms with van der Waals surface area (Å²) in [6.07, 6.45) is 1.39. The Morgan fingerprint density at radius 1 is 1.38 bits per heavy atom. The van der Waals surface area contributed by atoms with Crippen molar-refractivity contribution in [1.29, 1.82) is 0 Å². The molecule has 3 rings (SSSR count). The number of hydrogen-bond donors (Lipinski definition) is 2. The van der Waals surface area contributed by atoms with E-state index >= 15 is 0 Å². The van der Waals surface area contributed by atoms with Gasteiger partial charge in [-0.05, 0) is 31.0 Å². The van der Waals surface area contributed by atoms with Crippen LogP contribution in [0.2, 0.25) is 5.02 Å². The van der Waals surface area contributed by atoms with Crippen LogP contribution in [-0.2, 0) is 14.8 Å². The Bertz CT molecular complexity index is 692. The smallest absolute Gasteiger partial charge is 0.244 e. The quantitative estimate of drug-likeness (QED) is 0.786. The number of amides is 1. The van der Waals surface area contributed by atoms with Crippen LogP contribution in [0, 0.1) is 5.92 Å². The summed E-state index contributed by atoms with van der Waals surface area (Å²) < 4.78 is 27.1. The van der Waals surface area contributed by atoms with Crippen molar-refractivity contribution in [2.75, 3.05) is 18.8 Å². The Morgan fingerprint density at radius 3 is 2.86 bits per heavy atom. The Balaban J connectivity index is 1.99. The van der Waals surface area contributed by atoms with Crippen LogP contribution < -0.4 is 11.1 Å². The molecule has 0 spiro atoms. The van der Waals surface area contributed by atoms with E-state index in [1.54, 1.807) is 0 Å². The number of nitrogens with zero attached hydrogens (tertiary/aromatic N) is 1. The summed E-state index contributed by atoms with van der Waals surface area (Å²) in [4.78, 5) is 11.8. The second-order valence-electron chi connectivity index (χ2n) is 5.37. The minimum Gasteiger partial charge on any atom is -0.399 e. The van der Waals surface area contributed by atoms with Crippen molar-refractivity contribution in [3.8, 4) is 0 Å². The van der Waals surface area contributed by atoms with E-state index in [0.717, 1.165) is 6.42 Å². The molecule has 1 amide bonds. The van der Waals surface area contributed by atoms with E-state index in [9.17, 15) is 13.2 Å². The second kappa shape index (κ2) is 5.15. The standard InChI is InChI=1S/C13H16ClN3O3S/c14-10-6-8(15)3-4-12(10)21(19,20)17-5-1-2-9-11(17)7-16-13(9)18/h3-4,6,9,11H,1-2,5,7,15H2,(H,16,18). The highest BCUT2D eigenvalue weighted by Gasteiger charge is 2.45. The number of sulfonamides is 1. The summed E-state index contributed by atoms with van der Waals surface area (Å²) in [6.45, 7) is 0.758. The third-order valence-electron chi connectivity index (χ3n) is 4.09. The largest absolute Gasteiger partial charge is 0.399 e. The zero-order valence-electron chi connectivity index (χ0n) is 11.3. The summed E-state index contributed by atoms with van der Waals surface area (Å²) in [5, 5.41) is 2.85. The van der Waals surface area contributed by atoms with Crippen LogP contribution in [0.3, 0.4) is 0 Å². The Labute approximate surface area is 128 Å². The topological polar surface area (TPSA) is 92.5 Å². The molecular weight excluding hydrogens is 314 g/mol. The molecule has 0 saturated carbocycles. The van der Waals surface area contributed by atoms with E-state index < -0.39 is 10.0 Å². The van der Waals surface area contributed by atoms with Gasteiger partial charge in [0.1, 0.15) is 4.90 Å². The minimum atomic E-state index is -3.73. The first-order valence-corrected chi connectivity index (χ1v) is 8.57. The van der Waals surface area contributed by atoms with Gasteiger partial charge >= 0.3 is 0 Å². The number of piperidine rings is 1. The van der Waals surface area contributed by atoms with Gasteiger partial charge in [-0.3, -0.25) is 4.79 Å². The predicted molar refractivity (Wildman–Crippen MR) is 79.3 cm³/mol. The highest BCUT2D eigenvalue weighted by Crippen LogP contribution is 2.34. The van der Waals surface area contributed by atoms with Crippen molar-refractivity contribution in [2.45, 2.75) is 23.8 Å². The zero-order valence-corrected chi connectivity index (χ0v) is 12.8. The average molecular weight is 330 g/mol. The summed E-state index contributed by atoms with van der Waals surface area (Å²) in [7, 11) is -3.73. The molecule has 2 saturated heterocycles. The van der Waals surface area contributed by atoms with Gasteiger partial charge in [0.15, 0.2) is 0 Å². The fourth-order valence-corrected chi connectivity index (χ4v) is 5.29. The van der Waals surface area contributed by atoms with Crippen LogP contribution in [0.15, 0.2) is 23.1 Å². The second-order valence-corrected chi connectivity index (χ2v) is 7.63. The highest BCUT2D eigenvalue weighted by molar-refractivity contribution is 7.89. The number of nitrogens with two attached hydrogens (primary N) is 1. The van der Waals surface area contributed by atoms with Crippen molar-refractivity contribution >= 4 is 33.2 Å². The number of nitrogens with one attached hydrogen (secondary N) is 1. The number of halogens is 1. The lowest BCUT2D eigenvalue weighted by atomic mass is 9.93. The van der Waals surface area contributed by atoms with Gasteiger partial charge in [0.25, 0.3) is 0 Å². The molecule has 2 unspecified atom stereocenters. The molecule has 2 aliphatic heterocycles. The molecule has 0 aliphatic carbocycles. The molecule has 1 aromatic rings. The molecule has 2 heterocycles. The van der Waals surface area contributed by atoms with Gasteiger partial charge in [-0.25, -0.2) is 8.42 Å². The minimum absolute atomic E-state index is 0.0402. The Morgan fingerprint density at radius 2 is 2.14 bits per heavy atom. The molecule has 8 heteroatoms. The van der Waals surface area contributed by atoms with Crippen LogP contribution in [0.1, 0.15) is 12.8 Å². The van der Waals surface area contributed by atoms with Gasteiger partial charge in [-0.15, -0.1) is 0 Å². The number of hydrogen-bond acceptors (Lipinski definition) is 4. The van der Waals surface area contributed by atoms with Gasteiger partial charge in [-0.2, -0.15) is 4.31 Å². The Hall–Kier alpha value is -1.31. The summed E-state index contributed by atoms with van der Waals surface area (Å²) in [5.41, 5.74) is 6.02. The molecule has 1 aromatic carbocycles. The number of nitrogen functional groups attached to an aromatic ring is 1.